The van der Waals surface area contributed by atoms with Gasteiger partial charge in [-0.1, -0.05) is 6.42 Å². The van der Waals surface area contributed by atoms with Crippen LogP contribution in [-0.4, -0.2) is 42.4 Å². The van der Waals surface area contributed by atoms with E-state index in [9.17, 15) is 9.59 Å². The lowest BCUT2D eigenvalue weighted by Gasteiger charge is -2.26. The third-order valence-corrected chi connectivity index (χ3v) is 3.55. The summed E-state index contributed by atoms with van der Waals surface area (Å²) in [6.45, 7) is 6.44. The van der Waals surface area contributed by atoms with Crippen LogP contribution in [0.1, 0.15) is 40.0 Å². The van der Waals surface area contributed by atoms with Crippen LogP contribution in [0.2, 0.25) is 0 Å². The lowest BCUT2D eigenvalue weighted by Crippen LogP contribution is -2.47. The molecule has 1 fully saturated rings. The molecular formula is C14H27N3O2. The first-order chi connectivity index (χ1) is 8.74. The predicted octanol–water partition coefficient (Wildman–Crippen LogP) is 0.735. The van der Waals surface area contributed by atoms with Crippen molar-refractivity contribution in [2.45, 2.75) is 45.6 Å². The molecule has 0 unspecified atom stereocenters. The summed E-state index contributed by atoms with van der Waals surface area (Å²) in [6.07, 6.45) is 2.97. The van der Waals surface area contributed by atoms with Gasteiger partial charge in [-0.3, -0.25) is 9.59 Å². The zero-order chi connectivity index (χ0) is 14.6. The topological polar surface area (TPSA) is 75.4 Å². The molecule has 19 heavy (non-hydrogen) atoms. The van der Waals surface area contributed by atoms with Gasteiger partial charge < -0.3 is 16.0 Å². The summed E-state index contributed by atoms with van der Waals surface area (Å²) in [4.78, 5) is 25.6. The van der Waals surface area contributed by atoms with Gasteiger partial charge in [-0.05, 0) is 46.1 Å². The van der Waals surface area contributed by atoms with E-state index >= 15 is 0 Å². The first-order valence-electron chi connectivity index (χ1n) is 7.00. The average Bonchev–Trinajstić information content (AvgIpc) is 2.72. The van der Waals surface area contributed by atoms with E-state index in [1.165, 1.54) is 4.90 Å². The second-order valence-corrected chi connectivity index (χ2v) is 6.53. The summed E-state index contributed by atoms with van der Waals surface area (Å²) < 4.78 is 0. The molecule has 5 nitrogen and oxygen atoms in total. The quantitative estimate of drug-likeness (QED) is 0.790. The van der Waals surface area contributed by atoms with Gasteiger partial charge in [0.05, 0.1) is 6.54 Å². The lowest BCUT2D eigenvalue weighted by atomic mass is 9.95. The van der Waals surface area contributed by atoms with Crippen LogP contribution in [0.5, 0.6) is 0 Å². The molecule has 1 rings (SSSR count). The summed E-state index contributed by atoms with van der Waals surface area (Å²) in [5.41, 5.74) is 5.43. The van der Waals surface area contributed by atoms with Gasteiger partial charge in [0.25, 0.3) is 0 Å². The highest BCUT2D eigenvalue weighted by atomic mass is 16.2. The number of hydrogen-bond acceptors (Lipinski definition) is 3. The van der Waals surface area contributed by atoms with Gasteiger partial charge in [0.1, 0.15) is 0 Å². The zero-order valence-electron chi connectivity index (χ0n) is 12.5. The van der Waals surface area contributed by atoms with Gasteiger partial charge in [-0.25, -0.2) is 0 Å². The predicted molar refractivity (Wildman–Crippen MR) is 75.4 cm³/mol. The number of nitrogens with one attached hydrogen (secondary N) is 1. The number of amides is 2. The molecule has 1 saturated carbocycles. The van der Waals surface area contributed by atoms with E-state index in [4.69, 9.17) is 5.73 Å². The van der Waals surface area contributed by atoms with Crippen molar-refractivity contribution >= 4 is 11.8 Å². The minimum atomic E-state index is -0.270. The smallest absolute Gasteiger partial charge is 0.240 e. The van der Waals surface area contributed by atoms with Crippen LogP contribution < -0.4 is 11.1 Å². The van der Waals surface area contributed by atoms with E-state index in [1.807, 2.05) is 20.8 Å². The fraction of sp³-hybridized carbons (Fsp3) is 0.857. The molecule has 0 saturated heterocycles. The molecule has 1 aliphatic carbocycles. The number of rotatable bonds is 4. The van der Waals surface area contributed by atoms with Gasteiger partial charge in [0, 0.05) is 18.5 Å². The molecule has 5 heteroatoms. The number of nitrogens with zero attached hydrogens (tertiary/aromatic N) is 1. The molecule has 0 spiro atoms. The van der Waals surface area contributed by atoms with E-state index in [-0.39, 0.29) is 35.7 Å². The van der Waals surface area contributed by atoms with Gasteiger partial charge in [0.2, 0.25) is 11.8 Å². The van der Waals surface area contributed by atoms with Gasteiger partial charge in [0.15, 0.2) is 0 Å². The Labute approximate surface area is 115 Å². The number of hydrogen-bond donors (Lipinski definition) is 2. The number of nitrogens with two attached hydrogens (primary N) is 1. The van der Waals surface area contributed by atoms with E-state index in [2.05, 4.69) is 5.32 Å². The highest BCUT2D eigenvalue weighted by molar-refractivity contribution is 5.86. The largest absolute Gasteiger partial charge is 0.350 e. The first-order valence-corrected chi connectivity index (χ1v) is 7.00. The van der Waals surface area contributed by atoms with E-state index in [0.717, 1.165) is 19.3 Å². The van der Waals surface area contributed by atoms with Gasteiger partial charge in [-0.2, -0.15) is 0 Å². The Balaban J connectivity index is 2.51. The molecule has 0 aromatic carbocycles. The van der Waals surface area contributed by atoms with Crippen LogP contribution in [0.15, 0.2) is 0 Å². The van der Waals surface area contributed by atoms with Crippen LogP contribution in [0.3, 0.4) is 0 Å². The molecule has 1 aliphatic rings. The van der Waals surface area contributed by atoms with Crippen LogP contribution in [0.4, 0.5) is 0 Å². The Kier molecular flexibility index (Phi) is 5.35. The Hall–Kier alpha value is -1.10. The maximum Gasteiger partial charge on any atom is 0.240 e. The SMILES string of the molecule is CN(CC(=O)NC(C)(C)C)C(=O)[C@@H]1CCC[C@@H]1CN. The molecule has 0 aromatic rings. The average molecular weight is 269 g/mol. The van der Waals surface area contributed by atoms with E-state index < -0.39 is 0 Å². The highest BCUT2D eigenvalue weighted by Gasteiger charge is 2.34. The Morgan fingerprint density at radius 2 is 1.95 bits per heavy atom. The molecule has 0 radical (unpaired) electrons. The molecule has 0 heterocycles. The fourth-order valence-corrected chi connectivity index (χ4v) is 2.68. The molecule has 0 bridgehead atoms. The van der Waals surface area contributed by atoms with Crippen molar-refractivity contribution in [3.8, 4) is 0 Å². The van der Waals surface area contributed by atoms with Crippen molar-refractivity contribution in [3.05, 3.63) is 0 Å². The van der Waals surface area contributed by atoms with Crippen molar-refractivity contribution < 1.29 is 9.59 Å². The maximum absolute atomic E-state index is 12.3. The van der Waals surface area contributed by atoms with Crippen LogP contribution in [-0.2, 0) is 9.59 Å². The molecule has 0 aromatic heterocycles. The van der Waals surface area contributed by atoms with Crippen molar-refractivity contribution in [2.75, 3.05) is 20.1 Å². The monoisotopic (exact) mass is 269 g/mol. The molecule has 2 amide bonds. The van der Waals surface area contributed by atoms with E-state index in [0.29, 0.717) is 6.54 Å². The standard InChI is InChI=1S/C14H27N3O2/c1-14(2,3)16-12(18)9-17(4)13(19)11-7-5-6-10(11)8-15/h10-11H,5-9,15H2,1-4H3,(H,16,18)/t10-,11-/m1/s1. The Bertz CT molecular complexity index is 336. The van der Waals surface area contributed by atoms with Gasteiger partial charge in [-0.15, -0.1) is 0 Å². The second-order valence-electron chi connectivity index (χ2n) is 6.53. The molecule has 3 N–H and O–H groups in total. The Morgan fingerprint density at radius 3 is 2.47 bits per heavy atom. The van der Waals surface area contributed by atoms with Crippen molar-refractivity contribution in [3.63, 3.8) is 0 Å². The van der Waals surface area contributed by atoms with Crippen molar-refractivity contribution in [2.24, 2.45) is 17.6 Å². The Morgan fingerprint density at radius 1 is 1.32 bits per heavy atom. The molecular weight excluding hydrogens is 242 g/mol. The maximum atomic E-state index is 12.3. The van der Waals surface area contributed by atoms with Crippen molar-refractivity contribution in [1.82, 2.24) is 10.2 Å². The minimum absolute atomic E-state index is 0.00237. The third kappa shape index (κ3) is 4.82. The second kappa shape index (κ2) is 6.37. The van der Waals surface area contributed by atoms with Crippen molar-refractivity contribution in [1.29, 1.82) is 0 Å². The number of carbonyl (C=O) groups excluding carboxylic acids is 2. The van der Waals surface area contributed by atoms with Crippen LogP contribution in [0.25, 0.3) is 0 Å². The minimum Gasteiger partial charge on any atom is -0.350 e. The molecule has 0 aliphatic heterocycles. The summed E-state index contributed by atoms with van der Waals surface area (Å²) in [5, 5.41) is 2.86. The molecule has 2 atom stereocenters. The fourth-order valence-electron chi connectivity index (χ4n) is 2.68. The highest BCUT2D eigenvalue weighted by Crippen LogP contribution is 2.32. The summed E-state index contributed by atoms with van der Waals surface area (Å²) in [5.74, 6) is 0.209. The first kappa shape index (κ1) is 16.0. The number of carbonyl (C=O) groups is 2. The number of likely N-dealkylation sites (N-methyl/N-ethyl adjacent to an activating group) is 1. The van der Waals surface area contributed by atoms with Crippen LogP contribution in [0, 0.1) is 11.8 Å². The van der Waals surface area contributed by atoms with Crippen LogP contribution >= 0.6 is 0 Å². The van der Waals surface area contributed by atoms with Gasteiger partial charge >= 0.3 is 0 Å². The third-order valence-electron chi connectivity index (χ3n) is 3.55. The summed E-state index contributed by atoms with van der Waals surface area (Å²) >= 11 is 0. The van der Waals surface area contributed by atoms with E-state index in [1.54, 1.807) is 7.05 Å². The zero-order valence-corrected chi connectivity index (χ0v) is 12.5. The normalized spacial score (nSPS) is 23.2. The summed E-state index contributed by atoms with van der Waals surface area (Å²) in [7, 11) is 1.69. The lowest BCUT2D eigenvalue weighted by molar-refractivity contribution is -0.139. The summed E-state index contributed by atoms with van der Waals surface area (Å²) in [6, 6.07) is 0. The molecule has 110 valence electrons.